The van der Waals surface area contributed by atoms with Gasteiger partial charge in [-0.25, -0.2) is 9.07 Å². The summed E-state index contributed by atoms with van der Waals surface area (Å²) >= 11 is 0. The molecule has 0 bridgehead atoms. The largest absolute Gasteiger partial charge is 0.494 e. The number of para-hydroxylation sites is 1. The first-order chi connectivity index (χ1) is 19.0. The van der Waals surface area contributed by atoms with Crippen LogP contribution in [-0.2, 0) is 20.9 Å². The number of anilines is 1. The molecular weight excluding hydrogens is 501 g/mol. The molecule has 2 heterocycles. The van der Waals surface area contributed by atoms with Gasteiger partial charge in [-0.05, 0) is 73.9 Å². The van der Waals surface area contributed by atoms with Crippen molar-refractivity contribution in [1.29, 1.82) is 0 Å². The molecule has 9 nitrogen and oxygen atoms in total. The summed E-state index contributed by atoms with van der Waals surface area (Å²) in [5.74, 6) is -0.596. The van der Waals surface area contributed by atoms with E-state index in [1.54, 1.807) is 24.3 Å². The lowest BCUT2D eigenvalue weighted by Gasteiger charge is -2.32. The van der Waals surface area contributed by atoms with Crippen molar-refractivity contribution in [2.75, 3.05) is 24.7 Å². The quantitative estimate of drug-likeness (QED) is 0.332. The molecule has 1 aliphatic rings. The molecule has 1 aliphatic heterocycles. The van der Waals surface area contributed by atoms with Crippen LogP contribution in [0.5, 0.6) is 5.75 Å². The Morgan fingerprint density at radius 1 is 1.13 bits per heavy atom. The number of aromatic nitrogens is 3. The second-order valence-corrected chi connectivity index (χ2v) is 9.26. The highest BCUT2D eigenvalue weighted by atomic mass is 19.1. The van der Waals surface area contributed by atoms with Crippen LogP contribution in [0, 0.1) is 5.82 Å². The molecule has 0 unspecified atom stereocenters. The number of hydrogen-bond acceptors (Lipinski definition) is 6. The number of nitrogens with zero attached hydrogens (tertiary/aromatic N) is 4. The topological polar surface area (TPSA) is 98.6 Å². The molecule has 10 heteroatoms. The Kier molecular flexibility index (Phi) is 8.12. The maximum Gasteiger partial charge on any atom is 0.249 e. The van der Waals surface area contributed by atoms with Crippen molar-refractivity contribution >= 4 is 28.5 Å². The Hall–Kier alpha value is -4.31. The van der Waals surface area contributed by atoms with E-state index in [9.17, 15) is 14.0 Å². The van der Waals surface area contributed by atoms with Gasteiger partial charge < -0.3 is 14.8 Å². The maximum atomic E-state index is 14.0. The predicted molar refractivity (Wildman–Crippen MR) is 144 cm³/mol. The number of rotatable bonds is 10. The van der Waals surface area contributed by atoms with Crippen LogP contribution in [0.1, 0.15) is 31.4 Å². The number of fused-ring (bicyclic) bond motifs is 1. The first-order valence-electron chi connectivity index (χ1n) is 13.0. The lowest BCUT2D eigenvalue weighted by atomic mass is 10.0. The van der Waals surface area contributed by atoms with Gasteiger partial charge >= 0.3 is 0 Å². The molecule has 1 aromatic heterocycles. The maximum absolute atomic E-state index is 14.0. The summed E-state index contributed by atoms with van der Waals surface area (Å²) < 4.78 is 26.6. The molecule has 39 heavy (non-hydrogen) atoms. The minimum Gasteiger partial charge on any atom is -0.494 e. The van der Waals surface area contributed by atoms with Crippen LogP contribution >= 0.6 is 0 Å². The molecule has 0 saturated carbocycles. The molecule has 1 N–H and O–H groups in total. The van der Waals surface area contributed by atoms with Gasteiger partial charge in [-0.2, -0.15) is 0 Å². The van der Waals surface area contributed by atoms with Crippen LogP contribution in [0.3, 0.4) is 0 Å². The molecular formula is C29H30FN5O4. The molecule has 0 spiro atoms. The minimum absolute atomic E-state index is 0.0774. The standard InChI is InChI=1S/C29H30FN5O4/c1-2-38-23-15-9-20(10-16-23)28(29(37)31-18-24-6-5-17-39-24)35(22-13-11-21(30)12-14-22)27(36)19-34-26-8-4-3-7-25(26)32-33-34/h3-4,7-16,24,28H,2,5-6,17-19H2,1H3,(H,31,37)/t24-,28+/m1/s1. The van der Waals surface area contributed by atoms with Gasteiger partial charge in [0, 0.05) is 18.8 Å². The Morgan fingerprint density at radius 2 is 1.90 bits per heavy atom. The summed E-state index contributed by atoms with van der Waals surface area (Å²) in [6.45, 7) is 3.19. The second kappa shape index (κ2) is 12.0. The third-order valence-electron chi connectivity index (χ3n) is 6.62. The molecule has 0 radical (unpaired) electrons. The van der Waals surface area contributed by atoms with Crippen molar-refractivity contribution in [1.82, 2.24) is 20.3 Å². The number of carbonyl (C=O) groups excluding carboxylic acids is 2. The Morgan fingerprint density at radius 3 is 2.62 bits per heavy atom. The van der Waals surface area contributed by atoms with E-state index in [0.717, 1.165) is 12.8 Å². The van der Waals surface area contributed by atoms with Crippen LogP contribution in [0.25, 0.3) is 11.0 Å². The fourth-order valence-electron chi connectivity index (χ4n) is 4.72. The van der Waals surface area contributed by atoms with Crippen LogP contribution in [0.2, 0.25) is 0 Å². The van der Waals surface area contributed by atoms with Crippen LogP contribution in [0.15, 0.2) is 72.8 Å². The third-order valence-corrected chi connectivity index (χ3v) is 6.62. The Bertz CT molecular complexity index is 1420. The van der Waals surface area contributed by atoms with Gasteiger partial charge in [-0.15, -0.1) is 5.10 Å². The van der Waals surface area contributed by atoms with E-state index in [4.69, 9.17) is 9.47 Å². The molecule has 2 amide bonds. The van der Waals surface area contributed by atoms with Crippen molar-refractivity contribution in [2.24, 2.45) is 0 Å². The minimum atomic E-state index is -1.05. The van der Waals surface area contributed by atoms with Gasteiger partial charge in [0.1, 0.15) is 29.7 Å². The number of carbonyl (C=O) groups is 2. The number of benzene rings is 3. The predicted octanol–water partition coefficient (Wildman–Crippen LogP) is 4.04. The van der Waals surface area contributed by atoms with Gasteiger partial charge in [-0.1, -0.05) is 29.5 Å². The number of amides is 2. The zero-order valence-corrected chi connectivity index (χ0v) is 21.6. The van der Waals surface area contributed by atoms with Crippen molar-refractivity contribution in [3.05, 3.63) is 84.2 Å². The molecule has 1 fully saturated rings. The van der Waals surface area contributed by atoms with Crippen molar-refractivity contribution in [2.45, 2.75) is 38.5 Å². The smallest absolute Gasteiger partial charge is 0.249 e. The van der Waals surface area contributed by atoms with E-state index < -0.39 is 17.8 Å². The summed E-state index contributed by atoms with van der Waals surface area (Å²) in [5.41, 5.74) is 2.28. The monoisotopic (exact) mass is 531 g/mol. The lowest BCUT2D eigenvalue weighted by Crippen LogP contribution is -2.46. The highest BCUT2D eigenvalue weighted by Crippen LogP contribution is 2.30. The number of nitrogens with one attached hydrogen (secondary N) is 1. The van der Waals surface area contributed by atoms with Crippen molar-refractivity contribution in [3.8, 4) is 5.75 Å². The van der Waals surface area contributed by atoms with Crippen molar-refractivity contribution < 1.29 is 23.5 Å². The summed E-state index contributed by atoms with van der Waals surface area (Å²) in [5, 5.41) is 11.3. The average molecular weight is 532 g/mol. The van der Waals surface area contributed by atoms with Gasteiger partial charge in [0.2, 0.25) is 11.8 Å². The zero-order chi connectivity index (χ0) is 27.2. The lowest BCUT2D eigenvalue weighted by molar-refractivity contribution is -0.127. The summed E-state index contributed by atoms with van der Waals surface area (Å²) in [6, 6.07) is 18.8. The van der Waals surface area contributed by atoms with E-state index in [-0.39, 0.29) is 18.6 Å². The summed E-state index contributed by atoms with van der Waals surface area (Å²) in [7, 11) is 0. The van der Waals surface area contributed by atoms with Gasteiger partial charge in [0.25, 0.3) is 0 Å². The van der Waals surface area contributed by atoms with E-state index in [0.29, 0.717) is 47.8 Å². The summed E-state index contributed by atoms with van der Waals surface area (Å²) in [6.07, 6.45) is 1.72. The van der Waals surface area contributed by atoms with E-state index in [1.807, 2.05) is 31.2 Å². The highest BCUT2D eigenvalue weighted by molar-refractivity contribution is 6.01. The van der Waals surface area contributed by atoms with Crippen molar-refractivity contribution in [3.63, 3.8) is 0 Å². The Labute approximate surface area is 225 Å². The van der Waals surface area contributed by atoms with Crippen LogP contribution in [-0.4, -0.2) is 52.7 Å². The highest BCUT2D eigenvalue weighted by Gasteiger charge is 2.34. The zero-order valence-electron chi connectivity index (χ0n) is 21.6. The third kappa shape index (κ3) is 6.06. The van der Waals surface area contributed by atoms with Gasteiger partial charge in [-0.3, -0.25) is 14.5 Å². The van der Waals surface area contributed by atoms with E-state index in [2.05, 4.69) is 15.6 Å². The van der Waals surface area contributed by atoms with Gasteiger partial charge in [0.15, 0.2) is 0 Å². The SMILES string of the molecule is CCOc1ccc([C@@H](C(=O)NC[C@H]2CCCO2)N(C(=O)Cn2nnc3ccccc32)c2ccc(F)cc2)cc1. The normalized spacial score (nSPS) is 15.7. The molecule has 3 aromatic carbocycles. The fourth-order valence-corrected chi connectivity index (χ4v) is 4.72. The molecule has 202 valence electrons. The van der Waals surface area contributed by atoms with Crippen LogP contribution in [0.4, 0.5) is 10.1 Å². The number of halogens is 1. The average Bonchev–Trinajstić information content (AvgIpc) is 3.62. The molecule has 1 saturated heterocycles. The molecule has 2 atom stereocenters. The fraction of sp³-hybridized carbons (Fsp3) is 0.310. The van der Waals surface area contributed by atoms with Gasteiger partial charge in [0.05, 0.1) is 18.2 Å². The second-order valence-electron chi connectivity index (χ2n) is 9.26. The van der Waals surface area contributed by atoms with Crippen LogP contribution < -0.4 is 15.0 Å². The van der Waals surface area contributed by atoms with E-state index >= 15 is 0 Å². The summed E-state index contributed by atoms with van der Waals surface area (Å²) in [4.78, 5) is 29.2. The first kappa shape index (κ1) is 26.3. The number of ether oxygens (including phenoxy) is 2. The Balaban J connectivity index is 1.52. The molecule has 5 rings (SSSR count). The number of hydrogen-bond donors (Lipinski definition) is 1. The first-order valence-corrected chi connectivity index (χ1v) is 13.0. The molecule has 0 aliphatic carbocycles. The van der Waals surface area contributed by atoms with E-state index in [1.165, 1.54) is 33.8 Å². The molecule has 4 aromatic rings.